The number of carbonyl (C=O) groups is 1. The number of aryl methyl sites for hydroxylation is 1. The average molecular weight is 283 g/mol. The molecule has 1 aliphatic heterocycles. The van der Waals surface area contributed by atoms with Gasteiger partial charge in [0, 0.05) is 18.9 Å². The number of anilines is 1. The van der Waals surface area contributed by atoms with Crippen molar-refractivity contribution in [2.75, 3.05) is 4.90 Å². The first-order valence-corrected chi connectivity index (χ1v) is 6.61. The van der Waals surface area contributed by atoms with Gasteiger partial charge in [-0.3, -0.25) is 9.69 Å². The van der Waals surface area contributed by atoms with Gasteiger partial charge in [-0.2, -0.15) is 0 Å². The van der Waals surface area contributed by atoms with E-state index in [1.54, 1.807) is 6.08 Å². The van der Waals surface area contributed by atoms with Gasteiger partial charge in [-0.1, -0.05) is 18.2 Å². The fourth-order valence-electron chi connectivity index (χ4n) is 2.12. The van der Waals surface area contributed by atoms with E-state index in [1.165, 1.54) is 4.90 Å². The van der Waals surface area contributed by atoms with Crippen LogP contribution in [0.5, 0.6) is 0 Å². The fraction of sp³-hybridized carbons (Fsp3) is 0.0667. The zero-order chi connectivity index (χ0) is 14.1. The van der Waals surface area contributed by atoms with Crippen LogP contribution in [0.25, 0.3) is 6.08 Å². The Kier molecular flexibility index (Phi) is 3.12. The van der Waals surface area contributed by atoms with Gasteiger partial charge in [-0.25, -0.2) is 0 Å². The number of amides is 1. The molecule has 5 heteroatoms. The molecule has 0 radical (unpaired) electrons. The van der Waals surface area contributed by atoms with E-state index >= 15 is 0 Å². The number of hydrogen-bond acceptors (Lipinski definition) is 2. The normalized spacial score (nSPS) is 16.9. The Labute approximate surface area is 122 Å². The van der Waals surface area contributed by atoms with Gasteiger partial charge in [0.2, 0.25) is 0 Å². The first kappa shape index (κ1) is 12.6. The third-order valence-electron chi connectivity index (χ3n) is 3.17. The summed E-state index contributed by atoms with van der Waals surface area (Å²) in [5, 5.41) is 3.38. The van der Waals surface area contributed by atoms with E-state index < -0.39 is 0 Å². The van der Waals surface area contributed by atoms with Gasteiger partial charge in [0.05, 0.1) is 5.69 Å². The fourth-order valence-corrected chi connectivity index (χ4v) is 2.42. The van der Waals surface area contributed by atoms with Crippen LogP contribution in [0.4, 0.5) is 5.69 Å². The Morgan fingerprint density at radius 1 is 1.15 bits per heavy atom. The highest BCUT2D eigenvalue weighted by molar-refractivity contribution is 7.80. The number of nitrogens with zero attached hydrogens (tertiary/aromatic N) is 2. The monoisotopic (exact) mass is 283 g/mol. The molecule has 3 rings (SSSR count). The van der Waals surface area contributed by atoms with Crippen LogP contribution in [0, 0.1) is 0 Å². The number of aromatic nitrogens is 1. The lowest BCUT2D eigenvalue weighted by Crippen LogP contribution is -2.30. The molecule has 0 atom stereocenters. The molecule has 1 amide bonds. The van der Waals surface area contributed by atoms with Crippen molar-refractivity contribution in [3.05, 3.63) is 60.1 Å². The molecule has 20 heavy (non-hydrogen) atoms. The summed E-state index contributed by atoms with van der Waals surface area (Å²) >= 11 is 5.25. The van der Waals surface area contributed by atoms with Gasteiger partial charge in [0.25, 0.3) is 5.91 Å². The highest BCUT2D eigenvalue weighted by atomic mass is 32.1. The van der Waals surface area contributed by atoms with Crippen molar-refractivity contribution in [2.45, 2.75) is 0 Å². The molecule has 1 aromatic heterocycles. The third-order valence-corrected chi connectivity index (χ3v) is 3.45. The Hall–Kier alpha value is -2.40. The Morgan fingerprint density at radius 2 is 1.90 bits per heavy atom. The molecule has 2 aromatic rings. The average Bonchev–Trinajstić information content (AvgIpc) is 2.96. The van der Waals surface area contributed by atoms with Crippen molar-refractivity contribution in [1.29, 1.82) is 0 Å². The molecule has 1 N–H and O–H groups in total. The van der Waals surface area contributed by atoms with E-state index in [9.17, 15) is 4.79 Å². The Bertz CT molecular complexity index is 703. The van der Waals surface area contributed by atoms with E-state index in [-0.39, 0.29) is 5.91 Å². The SMILES string of the molecule is Cn1cccc1C=C1NC(=S)N(c2ccccc2)C1=O. The number of rotatable bonds is 2. The predicted octanol–water partition coefficient (Wildman–Crippen LogP) is 2.29. The quantitative estimate of drug-likeness (QED) is 0.679. The first-order valence-electron chi connectivity index (χ1n) is 6.20. The second-order valence-corrected chi connectivity index (χ2v) is 4.89. The van der Waals surface area contributed by atoms with Crippen LogP contribution in [0.2, 0.25) is 0 Å². The lowest BCUT2D eigenvalue weighted by atomic mass is 10.2. The van der Waals surface area contributed by atoms with E-state index in [0.717, 1.165) is 11.4 Å². The second kappa shape index (κ2) is 4.94. The summed E-state index contributed by atoms with van der Waals surface area (Å²) in [6, 6.07) is 13.2. The maximum atomic E-state index is 12.5. The molecule has 1 aromatic carbocycles. The molecule has 0 aliphatic carbocycles. The Morgan fingerprint density at radius 3 is 2.55 bits per heavy atom. The smallest absolute Gasteiger partial charge is 0.281 e. The largest absolute Gasteiger partial charge is 0.351 e. The van der Waals surface area contributed by atoms with Gasteiger partial charge in [0.1, 0.15) is 5.70 Å². The molecule has 0 saturated carbocycles. The summed E-state index contributed by atoms with van der Waals surface area (Å²) in [6.07, 6.45) is 3.73. The van der Waals surface area contributed by atoms with E-state index in [0.29, 0.717) is 10.8 Å². The number of benzene rings is 1. The van der Waals surface area contributed by atoms with Crippen molar-refractivity contribution in [3.63, 3.8) is 0 Å². The Balaban J connectivity index is 1.95. The van der Waals surface area contributed by atoms with Crippen molar-refractivity contribution in [2.24, 2.45) is 7.05 Å². The van der Waals surface area contributed by atoms with Crippen LogP contribution < -0.4 is 10.2 Å². The highest BCUT2D eigenvalue weighted by Gasteiger charge is 2.31. The van der Waals surface area contributed by atoms with Crippen molar-refractivity contribution < 1.29 is 4.79 Å². The molecule has 0 unspecified atom stereocenters. The summed E-state index contributed by atoms with van der Waals surface area (Å²) in [5.74, 6) is -0.137. The first-order chi connectivity index (χ1) is 9.66. The standard InChI is InChI=1S/C15H13N3OS/c1-17-9-5-8-12(17)10-13-14(19)18(15(20)16-13)11-6-3-2-4-7-11/h2-10H,1H3,(H,16,20). The third kappa shape index (κ3) is 2.12. The molecule has 1 aliphatic rings. The lowest BCUT2D eigenvalue weighted by Gasteiger charge is -2.13. The molecule has 100 valence electrons. The van der Waals surface area contributed by atoms with Gasteiger partial charge < -0.3 is 9.88 Å². The number of carbonyl (C=O) groups excluding carboxylic acids is 1. The van der Waals surface area contributed by atoms with Crippen molar-refractivity contribution in [1.82, 2.24) is 9.88 Å². The minimum Gasteiger partial charge on any atom is -0.351 e. The maximum absolute atomic E-state index is 12.5. The van der Waals surface area contributed by atoms with Crippen molar-refractivity contribution in [3.8, 4) is 0 Å². The molecular weight excluding hydrogens is 270 g/mol. The zero-order valence-corrected chi connectivity index (χ0v) is 11.7. The minimum atomic E-state index is -0.137. The van der Waals surface area contributed by atoms with E-state index in [1.807, 2.05) is 60.3 Å². The topological polar surface area (TPSA) is 37.3 Å². The summed E-state index contributed by atoms with van der Waals surface area (Å²) in [5.41, 5.74) is 2.20. The van der Waals surface area contributed by atoms with Crippen LogP contribution in [-0.4, -0.2) is 15.6 Å². The number of para-hydroxylation sites is 1. The molecule has 1 saturated heterocycles. The maximum Gasteiger partial charge on any atom is 0.281 e. The number of hydrogen-bond donors (Lipinski definition) is 1. The molecule has 4 nitrogen and oxygen atoms in total. The van der Waals surface area contributed by atoms with Crippen LogP contribution in [0.15, 0.2) is 54.4 Å². The number of nitrogens with one attached hydrogen (secondary N) is 1. The van der Waals surface area contributed by atoms with Crippen LogP contribution in [-0.2, 0) is 11.8 Å². The van der Waals surface area contributed by atoms with Gasteiger partial charge >= 0.3 is 0 Å². The van der Waals surface area contributed by atoms with Crippen molar-refractivity contribution >= 4 is 35.0 Å². The molecule has 0 spiro atoms. The van der Waals surface area contributed by atoms with Gasteiger partial charge in [-0.05, 0) is 42.6 Å². The van der Waals surface area contributed by atoms with Crippen LogP contribution in [0.3, 0.4) is 0 Å². The van der Waals surface area contributed by atoms with Gasteiger partial charge in [-0.15, -0.1) is 0 Å². The molecular formula is C15H13N3OS. The minimum absolute atomic E-state index is 0.137. The summed E-state index contributed by atoms with van der Waals surface area (Å²) < 4.78 is 1.94. The predicted molar refractivity (Wildman–Crippen MR) is 83.1 cm³/mol. The summed E-state index contributed by atoms with van der Waals surface area (Å²) in [6.45, 7) is 0. The summed E-state index contributed by atoms with van der Waals surface area (Å²) in [7, 11) is 1.93. The number of thiocarbonyl (C=S) groups is 1. The van der Waals surface area contributed by atoms with Crippen LogP contribution in [0.1, 0.15) is 5.69 Å². The van der Waals surface area contributed by atoms with E-state index in [2.05, 4.69) is 5.32 Å². The second-order valence-electron chi connectivity index (χ2n) is 4.51. The van der Waals surface area contributed by atoms with Crippen LogP contribution >= 0.6 is 12.2 Å². The molecule has 2 heterocycles. The summed E-state index contributed by atoms with van der Waals surface area (Å²) in [4.78, 5) is 14.0. The zero-order valence-electron chi connectivity index (χ0n) is 10.9. The molecule has 1 fully saturated rings. The van der Waals surface area contributed by atoms with E-state index in [4.69, 9.17) is 12.2 Å². The molecule has 0 bridgehead atoms. The lowest BCUT2D eigenvalue weighted by molar-refractivity contribution is -0.113. The van der Waals surface area contributed by atoms with Gasteiger partial charge in [0.15, 0.2) is 5.11 Å². The highest BCUT2D eigenvalue weighted by Crippen LogP contribution is 2.21.